The van der Waals surface area contributed by atoms with E-state index in [0.717, 1.165) is 0 Å². The molecule has 0 fully saturated rings. The number of carboxylic acid groups (broad SMARTS) is 1. The lowest BCUT2D eigenvalue weighted by molar-refractivity contribution is -0.156. The number of hydrogen-bond acceptors (Lipinski definition) is 3. The number of carbonyl (C=O) groups is 2. The fourth-order valence-electron chi connectivity index (χ4n) is 0.934. The first-order valence-electron chi connectivity index (χ1n) is 4.56. The van der Waals surface area contributed by atoms with Crippen molar-refractivity contribution in [3.8, 4) is 0 Å². The molecule has 1 atom stereocenters. The van der Waals surface area contributed by atoms with Gasteiger partial charge in [-0.05, 0) is 20.3 Å². The van der Waals surface area contributed by atoms with Gasteiger partial charge in [0.05, 0.1) is 6.61 Å². The quantitative estimate of drug-likeness (QED) is 0.416. The average molecular weight is 200 g/mol. The minimum absolute atomic E-state index is 0.263. The van der Waals surface area contributed by atoms with Gasteiger partial charge < -0.3 is 9.84 Å². The van der Waals surface area contributed by atoms with Crippen molar-refractivity contribution in [2.75, 3.05) is 6.61 Å². The van der Waals surface area contributed by atoms with Gasteiger partial charge in [-0.25, -0.2) is 0 Å². The molecule has 0 aromatic heterocycles. The molecule has 14 heavy (non-hydrogen) atoms. The molecular formula is C10H16O4. The predicted molar refractivity (Wildman–Crippen MR) is 51.8 cm³/mol. The van der Waals surface area contributed by atoms with E-state index in [1.807, 2.05) is 6.92 Å². The van der Waals surface area contributed by atoms with Gasteiger partial charge in [-0.15, -0.1) is 0 Å². The summed E-state index contributed by atoms with van der Waals surface area (Å²) in [6.07, 6.45) is 2.29. The fraction of sp³-hybridized carbons (Fsp3) is 0.600. The predicted octanol–water partition coefficient (Wildman–Crippen LogP) is 1.61. The van der Waals surface area contributed by atoms with Crippen LogP contribution in [-0.4, -0.2) is 23.7 Å². The minimum atomic E-state index is -1.17. The van der Waals surface area contributed by atoms with E-state index >= 15 is 0 Å². The molecule has 1 unspecified atom stereocenters. The Hall–Kier alpha value is -1.32. The number of aliphatic carboxylic acids is 1. The molecule has 1 N–H and O–H groups in total. The molecule has 0 saturated heterocycles. The third kappa shape index (κ3) is 3.60. The number of carboxylic acids is 1. The maximum Gasteiger partial charge on any atom is 0.324 e. The van der Waals surface area contributed by atoms with E-state index in [0.29, 0.717) is 12.0 Å². The van der Waals surface area contributed by atoms with Gasteiger partial charge in [-0.1, -0.05) is 18.6 Å². The van der Waals surface area contributed by atoms with E-state index in [-0.39, 0.29) is 6.61 Å². The van der Waals surface area contributed by atoms with Gasteiger partial charge in [0.1, 0.15) is 0 Å². The van der Waals surface area contributed by atoms with E-state index in [1.54, 1.807) is 19.9 Å². The molecular weight excluding hydrogens is 184 g/mol. The van der Waals surface area contributed by atoms with Crippen LogP contribution in [0.2, 0.25) is 0 Å². The first-order valence-corrected chi connectivity index (χ1v) is 4.56. The van der Waals surface area contributed by atoms with E-state index in [9.17, 15) is 9.59 Å². The minimum Gasteiger partial charge on any atom is -0.480 e. The Morgan fingerprint density at radius 1 is 1.50 bits per heavy atom. The maximum atomic E-state index is 11.3. The molecule has 4 heteroatoms. The van der Waals surface area contributed by atoms with Crippen LogP contribution in [0.15, 0.2) is 11.6 Å². The largest absolute Gasteiger partial charge is 0.480 e. The van der Waals surface area contributed by atoms with Gasteiger partial charge in [0.25, 0.3) is 0 Å². The summed E-state index contributed by atoms with van der Waals surface area (Å²) in [6, 6.07) is 0. The van der Waals surface area contributed by atoms with Gasteiger partial charge in [0.15, 0.2) is 5.92 Å². The lowest BCUT2D eigenvalue weighted by Crippen LogP contribution is -2.27. The molecule has 0 saturated carbocycles. The zero-order valence-corrected chi connectivity index (χ0v) is 8.74. The summed E-state index contributed by atoms with van der Waals surface area (Å²) >= 11 is 0. The molecule has 0 aromatic rings. The second-order valence-electron chi connectivity index (χ2n) is 2.97. The molecule has 0 rings (SSSR count). The summed E-state index contributed by atoms with van der Waals surface area (Å²) in [5, 5.41) is 8.80. The Morgan fingerprint density at radius 3 is 2.43 bits per heavy atom. The lowest BCUT2D eigenvalue weighted by atomic mass is 10.0. The Morgan fingerprint density at radius 2 is 2.07 bits per heavy atom. The number of hydrogen-bond donors (Lipinski definition) is 1. The first kappa shape index (κ1) is 12.7. The number of esters is 1. The summed E-state index contributed by atoms with van der Waals surface area (Å²) in [5.74, 6) is -3.01. The molecule has 0 aliphatic heterocycles. The first-order chi connectivity index (χ1) is 6.54. The molecule has 0 aromatic carbocycles. The van der Waals surface area contributed by atoms with Gasteiger partial charge >= 0.3 is 11.9 Å². The van der Waals surface area contributed by atoms with Gasteiger partial charge in [-0.3, -0.25) is 9.59 Å². The van der Waals surface area contributed by atoms with Crippen molar-refractivity contribution in [1.82, 2.24) is 0 Å². The summed E-state index contributed by atoms with van der Waals surface area (Å²) in [7, 11) is 0. The number of allylic oxidation sites excluding steroid dienone is 1. The van der Waals surface area contributed by atoms with Crippen molar-refractivity contribution in [3.05, 3.63) is 11.6 Å². The third-order valence-electron chi connectivity index (χ3n) is 1.84. The zero-order chi connectivity index (χ0) is 11.1. The van der Waals surface area contributed by atoms with Gasteiger partial charge in [-0.2, -0.15) is 0 Å². The van der Waals surface area contributed by atoms with Crippen LogP contribution in [0.5, 0.6) is 0 Å². The molecule has 80 valence electrons. The van der Waals surface area contributed by atoms with E-state index in [2.05, 4.69) is 0 Å². The van der Waals surface area contributed by atoms with Crippen LogP contribution >= 0.6 is 0 Å². The van der Waals surface area contributed by atoms with Crippen molar-refractivity contribution >= 4 is 11.9 Å². The second-order valence-corrected chi connectivity index (χ2v) is 2.97. The van der Waals surface area contributed by atoms with Crippen molar-refractivity contribution < 1.29 is 19.4 Å². The topological polar surface area (TPSA) is 63.6 Å². The van der Waals surface area contributed by atoms with Crippen molar-refractivity contribution in [2.24, 2.45) is 5.92 Å². The highest BCUT2D eigenvalue weighted by atomic mass is 16.5. The number of ether oxygens (including phenoxy) is 1. The summed E-state index contributed by atoms with van der Waals surface area (Å²) in [5.41, 5.74) is 0.499. The summed E-state index contributed by atoms with van der Waals surface area (Å²) in [6.45, 7) is 5.41. The lowest BCUT2D eigenvalue weighted by Gasteiger charge is -2.11. The fourth-order valence-corrected chi connectivity index (χ4v) is 0.934. The highest BCUT2D eigenvalue weighted by molar-refractivity contribution is 5.97. The molecule has 0 heterocycles. The van der Waals surface area contributed by atoms with Crippen LogP contribution in [0.4, 0.5) is 0 Å². The van der Waals surface area contributed by atoms with E-state index < -0.39 is 17.9 Å². The van der Waals surface area contributed by atoms with Crippen LogP contribution in [0.25, 0.3) is 0 Å². The summed E-state index contributed by atoms with van der Waals surface area (Å²) < 4.78 is 4.78. The Bertz CT molecular complexity index is 243. The maximum absolute atomic E-state index is 11.3. The second kappa shape index (κ2) is 6.18. The van der Waals surface area contributed by atoms with E-state index in [1.165, 1.54) is 0 Å². The zero-order valence-electron chi connectivity index (χ0n) is 8.74. The third-order valence-corrected chi connectivity index (χ3v) is 1.84. The van der Waals surface area contributed by atoms with Crippen LogP contribution in [0.1, 0.15) is 27.2 Å². The molecule has 0 spiro atoms. The smallest absolute Gasteiger partial charge is 0.324 e. The van der Waals surface area contributed by atoms with Crippen molar-refractivity contribution in [2.45, 2.75) is 27.2 Å². The highest BCUT2D eigenvalue weighted by Crippen LogP contribution is 2.12. The highest BCUT2D eigenvalue weighted by Gasteiger charge is 2.28. The van der Waals surface area contributed by atoms with Crippen molar-refractivity contribution in [3.63, 3.8) is 0 Å². The molecule has 0 bridgehead atoms. The van der Waals surface area contributed by atoms with Crippen LogP contribution in [0.3, 0.4) is 0 Å². The van der Waals surface area contributed by atoms with Gasteiger partial charge in [0, 0.05) is 0 Å². The van der Waals surface area contributed by atoms with Crippen molar-refractivity contribution in [1.29, 1.82) is 0 Å². The van der Waals surface area contributed by atoms with Crippen LogP contribution in [-0.2, 0) is 14.3 Å². The monoisotopic (exact) mass is 200 g/mol. The molecule has 0 aliphatic carbocycles. The molecule has 4 nitrogen and oxygen atoms in total. The molecule has 0 aliphatic rings. The Kier molecular flexibility index (Phi) is 5.60. The number of rotatable bonds is 5. The van der Waals surface area contributed by atoms with Crippen LogP contribution < -0.4 is 0 Å². The van der Waals surface area contributed by atoms with E-state index in [4.69, 9.17) is 9.84 Å². The van der Waals surface area contributed by atoms with Gasteiger partial charge in [0.2, 0.25) is 0 Å². The summed E-state index contributed by atoms with van der Waals surface area (Å²) in [4.78, 5) is 22.1. The standard InChI is InChI=1S/C10H16O4/c1-4-6-14-10(13)8(9(11)12)7(3)5-2/h5,8H,4,6H2,1-3H3,(H,11,12)/b7-5+. The Labute approximate surface area is 83.6 Å². The van der Waals surface area contributed by atoms with Crippen LogP contribution in [0, 0.1) is 5.92 Å². The SMILES string of the molecule is C/C=C(\C)C(C(=O)O)C(=O)OCCC. The number of carbonyl (C=O) groups excluding carboxylic acids is 1. The Balaban J connectivity index is 4.51. The molecule has 0 radical (unpaired) electrons. The average Bonchev–Trinajstić information content (AvgIpc) is 2.14. The normalized spacial score (nSPS) is 13.5. The molecule has 0 amide bonds.